The highest BCUT2D eigenvalue weighted by atomic mass is 16.5. The maximum Gasteiger partial charge on any atom is 0.276 e. The van der Waals surface area contributed by atoms with E-state index in [1.165, 1.54) is 0 Å². The van der Waals surface area contributed by atoms with Crippen molar-refractivity contribution in [3.63, 3.8) is 0 Å². The molecule has 0 aromatic carbocycles. The third kappa shape index (κ3) is 2.62. The van der Waals surface area contributed by atoms with Crippen molar-refractivity contribution in [3.8, 4) is 11.5 Å². The predicted octanol–water partition coefficient (Wildman–Crippen LogP) is 2.92. The van der Waals surface area contributed by atoms with E-state index in [9.17, 15) is 4.79 Å². The Hall–Kier alpha value is -2.83. The molecule has 7 nitrogen and oxygen atoms in total. The number of amides is 1. The van der Waals surface area contributed by atoms with Gasteiger partial charge in [-0.25, -0.2) is 4.98 Å². The van der Waals surface area contributed by atoms with Gasteiger partial charge in [0.15, 0.2) is 11.5 Å². The Bertz CT molecular complexity index is 834. The highest BCUT2D eigenvalue weighted by Gasteiger charge is 2.28. The fourth-order valence-electron chi connectivity index (χ4n) is 3.21. The zero-order valence-corrected chi connectivity index (χ0v) is 13.4. The molecule has 1 aliphatic heterocycles. The molecule has 1 atom stereocenters. The lowest BCUT2D eigenvalue weighted by Gasteiger charge is -2.33. The first-order valence-corrected chi connectivity index (χ1v) is 8.01. The Morgan fingerprint density at radius 1 is 1.38 bits per heavy atom. The molecule has 0 saturated carbocycles. The molecule has 0 aliphatic carbocycles. The van der Waals surface area contributed by atoms with Crippen LogP contribution in [0.3, 0.4) is 0 Å². The summed E-state index contributed by atoms with van der Waals surface area (Å²) in [5.41, 5.74) is 0.310. The van der Waals surface area contributed by atoms with Crippen LogP contribution in [0.15, 0.2) is 45.8 Å². The molecule has 4 heterocycles. The van der Waals surface area contributed by atoms with E-state index >= 15 is 0 Å². The summed E-state index contributed by atoms with van der Waals surface area (Å²) in [6.45, 7) is 3.36. The quantitative estimate of drug-likeness (QED) is 0.739. The number of aryl methyl sites for hydroxylation is 1. The van der Waals surface area contributed by atoms with Gasteiger partial charge in [-0.2, -0.15) is 0 Å². The van der Waals surface area contributed by atoms with Crippen molar-refractivity contribution < 1.29 is 13.7 Å². The molecule has 0 bridgehead atoms. The fourth-order valence-corrected chi connectivity index (χ4v) is 3.21. The highest BCUT2D eigenvalue weighted by molar-refractivity contribution is 5.93. The molecule has 1 amide bonds. The summed E-state index contributed by atoms with van der Waals surface area (Å²) in [6.07, 6.45) is 7.32. The van der Waals surface area contributed by atoms with Crippen molar-refractivity contribution >= 4 is 5.91 Å². The van der Waals surface area contributed by atoms with Gasteiger partial charge in [-0.1, -0.05) is 5.16 Å². The fraction of sp³-hybridized carbons (Fsp3) is 0.353. The van der Waals surface area contributed by atoms with Gasteiger partial charge in [0.25, 0.3) is 5.91 Å². The molecule has 0 unspecified atom stereocenters. The van der Waals surface area contributed by atoms with Crippen molar-refractivity contribution in [3.05, 3.63) is 48.4 Å². The number of carbonyl (C=O) groups excluding carboxylic acids is 1. The third-order valence-corrected chi connectivity index (χ3v) is 4.43. The lowest BCUT2D eigenvalue weighted by atomic mass is 10.0. The van der Waals surface area contributed by atoms with Crippen molar-refractivity contribution in [2.24, 2.45) is 0 Å². The minimum Gasteiger partial charge on any atom is -0.461 e. The molecule has 0 N–H and O–H groups in total. The number of likely N-dealkylation sites (tertiary alicyclic amines) is 1. The van der Waals surface area contributed by atoms with Crippen LogP contribution in [0.1, 0.15) is 35.2 Å². The number of carbonyl (C=O) groups is 1. The number of imidazole rings is 1. The molecule has 3 aromatic heterocycles. The largest absolute Gasteiger partial charge is 0.461 e. The van der Waals surface area contributed by atoms with Gasteiger partial charge < -0.3 is 18.4 Å². The van der Waals surface area contributed by atoms with E-state index in [2.05, 4.69) is 14.7 Å². The molecular weight excluding hydrogens is 308 g/mol. The Labute approximate surface area is 138 Å². The van der Waals surface area contributed by atoms with E-state index in [0.717, 1.165) is 25.2 Å². The Morgan fingerprint density at radius 3 is 3.04 bits per heavy atom. The zero-order valence-electron chi connectivity index (χ0n) is 13.4. The van der Waals surface area contributed by atoms with E-state index in [1.54, 1.807) is 30.7 Å². The predicted molar refractivity (Wildman–Crippen MR) is 85.3 cm³/mol. The minimum absolute atomic E-state index is 0.112. The Morgan fingerprint density at radius 2 is 2.29 bits per heavy atom. The molecule has 3 aromatic rings. The lowest BCUT2D eigenvalue weighted by molar-refractivity contribution is 0.0668. The second-order valence-corrected chi connectivity index (χ2v) is 5.98. The van der Waals surface area contributed by atoms with Crippen molar-refractivity contribution in [2.75, 3.05) is 13.1 Å². The summed E-state index contributed by atoms with van der Waals surface area (Å²) in [5.74, 6) is 1.88. The molecule has 1 aliphatic rings. The van der Waals surface area contributed by atoms with Crippen LogP contribution in [0.25, 0.3) is 11.5 Å². The molecule has 24 heavy (non-hydrogen) atoms. The van der Waals surface area contributed by atoms with Crippen molar-refractivity contribution in [1.82, 2.24) is 19.6 Å². The number of nitrogens with zero attached hydrogens (tertiary/aromatic N) is 4. The Kier molecular flexibility index (Phi) is 3.68. The summed E-state index contributed by atoms with van der Waals surface area (Å²) in [4.78, 5) is 18.8. The summed E-state index contributed by atoms with van der Waals surface area (Å²) in [7, 11) is 0. The van der Waals surface area contributed by atoms with Gasteiger partial charge in [0.2, 0.25) is 5.76 Å². The van der Waals surface area contributed by atoms with E-state index < -0.39 is 0 Å². The molecule has 4 rings (SSSR count). The molecule has 7 heteroatoms. The first kappa shape index (κ1) is 14.7. The molecule has 124 valence electrons. The normalized spacial score (nSPS) is 18.0. The van der Waals surface area contributed by atoms with Gasteiger partial charge in [-0.3, -0.25) is 4.79 Å². The maximum absolute atomic E-state index is 12.7. The van der Waals surface area contributed by atoms with Gasteiger partial charge in [-0.15, -0.1) is 0 Å². The van der Waals surface area contributed by atoms with Crippen LogP contribution in [-0.2, 0) is 0 Å². The average Bonchev–Trinajstić information content (AvgIpc) is 3.35. The summed E-state index contributed by atoms with van der Waals surface area (Å²) in [5, 5.41) is 3.91. The van der Waals surface area contributed by atoms with Gasteiger partial charge >= 0.3 is 0 Å². The van der Waals surface area contributed by atoms with Crippen LogP contribution in [0.5, 0.6) is 0 Å². The third-order valence-electron chi connectivity index (χ3n) is 4.43. The highest BCUT2D eigenvalue weighted by Crippen LogP contribution is 2.25. The zero-order chi connectivity index (χ0) is 16.5. The second kappa shape index (κ2) is 5.99. The second-order valence-electron chi connectivity index (χ2n) is 5.98. The van der Waals surface area contributed by atoms with E-state index in [4.69, 9.17) is 8.94 Å². The van der Waals surface area contributed by atoms with Crippen LogP contribution < -0.4 is 0 Å². The van der Waals surface area contributed by atoms with Crippen LogP contribution in [-0.4, -0.2) is 38.6 Å². The summed E-state index contributed by atoms with van der Waals surface area (Å²) < 4.78 is 12.6. The smallest absolute Gasteiger partial charge is 0.276 e. The van der Waals surface area contributed by atoms with Crippen LogP contribution >= 0.6 is 0 Å². The van der Waals surface area contributed by atoms with Gasteiger partial charge in [0.1, 0.15) is 5.82 Å². The SMILES string of the molecule is Cc1nccn1[C@@H]1CCCN(C(=O)c2cc(-c3ccco3)on2)C1. The maximum atomic E-state index is 12.7. The lowest BCUT2D eigenvalue weighted by Crippen LogP contribution is -2.40. The number of hydrogen-bond donors (Lipinski definition) is 0. The van der Waals surface area contributed by atoms with Crippen LogP contribution in [0.4, 0.5) is 0 Å². The number of piperidine rings is 1. The monoisotopic (exact) mass is 326 g/mol. The number of furan rings is 1. The van der Waals surface area contributed by atoms with Gasteiger partial charge in [-0.05, 0) is 31.9 Å². The molecule has 0 spiro atoms. The van der Waals surface area contributed by atoms with E-state index in [-0.39, 0.29) is 11.9 Å². The number of hydrogen-bond acceptors (Lipinski definition) is 5. The number of rotatable bonds is 3. The number of aromatic nitrogens is 3. The first-order chi connectivity index (χ1) is 11.7. The van der Waals surface area contributed by atoms with E-state index in [0.29, 0.717) is 23.8 Å². The molecule has 0 radical (unpaired) electrons. The molecule has 1 fully saturated rings. The van der Waals surface area contributed by atoms with Gasteiger partial charge in [0, 0.05) is 31.5 Å². The first-order valence-electron chi connectivity index (χ1n) is 8.01. The summed E-state index contributed by atoms with van der Waals surface area (Å²) in [6, 6.07) is 5.42. The van der Waals surface area contributed by atoms with Crippen molar-refractivity contribution in [1.29, 1.82) is 0 Å². The van der Waals surface area contributed by atoms with Gasteiger partial charge in [0.05, 0.1) is 12.3 Å². The summed E-state index contributed by atoms with van der Waals surface area (Å²) >= 11 is 0. The van der Waals surface area contributed by atoms with E-state index in [1.807, 2.05) is 18.0 Å². The van der Waals surface area contributed by atoms with Crippen LogP contribution in [0.2, 0.25) is 0 Å². The van der Waals surface area contributed by atoms with Crippen LogP contribution in [0, 0.1) is 6.92 Å². The average molecular weight is 326 g/mol. The topological polar surface area (TPSA) is 77.3 Å². The Balaban J connectivity index is 1.51. The van der Waals surface area contributed by atoms with Crippen molar-refractivity contribution in [2.45, 2.75) is 25.8 Å². The molecule has 1 saturated heterocycles. The molecular formula is C17H18N4O3. The minimum atomic E-state index is -0.112. The standard InChI is InChI=1S/C17H18N4O3/c1-12-18-6-8-21(12)13-4-2-7-20(11-13)17(22)14-10-16(24-19-14)15-5-3-9-23-15/h3,5-6,8-10,13H,2,4,7,11H2,1H3/t13-/m1/s1.